The Morgan fingerprint density at radius 1 is 1.44 bits per heavy atom. The molecule has 1 rings (SSSR count). The Balaban J connectivity index is 2.80. The summed E-state index contributed by atoms with van der Waals surface area (Å²) in [5, 5.41) is 1.94. The Kier molecular flexibility index (Phi) is 4.67. The van der Waals surface area contributed by atoms with Gasteiger partial charge in [0.05, 0.1) is 0 Å². The quantitative estimate of drug-likeness (QED) is 0.846. The van der Waals surface area contributed by atoms with Gasteiger partial charge in [-0.05, 0) is 38.3 Å². The minimum absolute atomic E-state index is 0.0723. The number of hydrogen-bond acceptors (Lipinski definition) is 3. The monoisotopic (exact) mass is 266 g/mol. The molecular weight excluding hydrogens is 248 g/mol. The summed E-state index contributed by atoms with van der Waals surface area (Å²) < 4.78 is 0. The fourth-order valence-electron chi connectivity index (χ4n) is 1.43. The van der Waals surface area contributed by atoms with E-state index in [1.807, 2.05) is 38.3 Å². The minimum Gasteiger partial charge on any atom is -0.368 e. The van der Waals surface area contributed by atoms with Gasteiger partial charge in [-0.25, -0.2) is 0 Å². The van der Waals surface area contributed by atoms with E-state index in [-0.39, 0.29) is 12.5 Å². The van der Waals surface area contributed by atoms with Gasteiger partial charge in [-0.15, -0.1) is 11.3 Å². The molecule has 0 aliphatic rings. The van der Waals surface area contributed by atoms with Crippen LogP contribution in [0.5, 0.6) is 0 Å². The third-order valence-electron chi connectivity index (χ3n) is 2.32. The number of rotatable bonds is 4. The highest BCUT2D eigenvalue weighted by Crippen LogP contribution is 2.15. The van der Waals surface area contributed by atoms with Crippen molar-refractivity contribution >= 4 is 29.2 Å². The van der Waals surface area contributed by atoms with Crippen molar-refractivity contribution in [2.24, 2.45) is 5.73 Å². The van der Waals surface area contributed by atoms with E-state index in [0.29, 0.717) is 0 Å². The molecule has 18 heavy (non-hydrogen) atoms. The molecule has 0 saturated carbocycles. The zero-order valence-electron chi connectivity index (χ0n) is 10.8. The lowest BCUT2D eigenvalue weighted by Crippen LogP contribution is -2.48. The number of primary amides is 1. The molecule has 0 aliphatic carbocycles. The Morgan fingerprint density at radius 2 is 2.11 bits per heavy atom. The van der Waals surface area contributed by atoms with Crippen LogP contribution < -0.4 is 5.73 Å². The first-order valence-electron chi connectivity index (χ1n) is 5.62. The second kappa shape index (κ2) is 5.82. The predicted molar refractivity (Wildman–Crippen MR) is 74.0 cm³/mol. The van der Waals surface area contributed by atoms with Crippen molar-refractivity contribution in [3.05, 3.63) is 28.5 Å². The Bertz CT molecular complexity index is 444. The molecule has 1 aromatic heterocycles. The number of carbonyl (C=O) groups excluding carboxylic acids is 2. The standard InChI is InChI=1S/C13H18N2O2S/c1-13(2,3)15(9-11(14)16)12(17)7-6-10-5-4-8-18-10/h4-8H,9H2,1-3H3,(H2,14,16). The van der Waals surface area contributed by atoms with Gasteiger partial charge in [0.2, 0.25) is 11.8 Å². The third-order valence-corrected chi connectivity index (χ3v) is 3.16. The molecule has 0 unspecified atom stereocenters. The smallest absolute Gasteiger partial charge is 0.247 e. The van der Waals surface area contributed by atoms with E-state index < -0.39 is 11.4 Å². The van der Waals surface area contributed by atoms with Gasteiger partial charge in [-0.3, -0.25) is 9.59 Å². The zero-order chi connectivity index (χ0) is 13.8. The predicted octanol–water partition coefficient (Wildman–Crippen LogP) is 1.87. The first kappa shape index (κ1) is 14.4. The maximum Gasteiger partial charge on any atom is 0.247 e. The summed E-state index contributed by atoms with van der Waals surface area (Å²) in [7, 11) is 0. The van der Waals surface area contributed by atoms with Gasteiger partial charge in [0.25, 0.3) is 0 Å². The Morgan fingerprint density at radius 3 is 2.56 bits per heavy atom. The Labute approximate surface area is 111 Å². The second-order valence-corrected chi connectivity index (χ2v) is 5.89. The molecule has 0 spiro atoms. The van der Waals surface area contributed by atoms with Crippen molar-refractivity contribution < 1.29 is 9.59 Å². The van der Waals surface area contributed by atoms with E-state index in [2.05, 4.69) is 0 Å². The second-order valence-electron chi connectivity index (χ2n) is 4.91. The molecule has 5 heteroatoms. The SMILES string of the molecule is CC(C)(C)N(CC(N)=O)C(=O)C=Cc1cccs1. The van der Waals surface area contributed by atoms with Crippen LogP contribution in [0.2, 0.25) is 0 Å². The summed E-state index contributed by atoms with van der Waals surface area (Å²) in [4.78, 5) is 25.5. The molecule has 2 amide bonds. The molecule has 0 radical (unpaired) electrons. The minimum atomic E-state index is -0.511. The summed E-state index contributed by atoms with van der Waals surface area (Å²) in [5.74, 6) is -0.725. The number of amides is 2. The average molecular weight is 266 g/mol. The van der Waals surface area contributed by atoms with Crippen LogP contribution in [0.15, 0.2) is 23.6 Å². The van der Waals surface area contributed by atoms with Gasteiger partial charge in [-0.2, -0.15) is 0 Å². The molecule has 4 nitrogen and oxygen atoms in total. The first-order valence-corrected chi connectivity index (χ1v) is 6.50. The Hall–Kier alpha value is -1.62. The number of carbonyl (C=O) groups is 2. The van der Waals surface area contributed by atoms with E-state index in [9.17, 15) is 9.59 Å². The molecular formula is C13H18N2O2S. The highest BCUT2D eigenvalue weighted by atomic mass is 32.1. The van der Waals surface area contributed by atoms with Crippen LogP contribution in [0, 0.1) is 0 Å². The number of thiophene rings is 1. The lowest BCUT2D eigenvalue weighted by Gasteiger charge is -2.33. The van der Waals surface area contributed by atoms with Gasteiger partial charge in [0.15, 0.2) is 0 Å². The summed E-state index contributed by atoms with van der Waals surface area (Å²) in [6.07, 6.45) is 3.22. The van der Waals surface area contributed by atoms with Crippen molar-refractivity contribution in [1.29, 1.82) is 0 Å². The molecule has 1 aromatic rings. The van der Waals surface area contributed by atoms with E-state index in [1.165, 1.54) is 11.0 Å². The van der Waals surface area contributed by atoms with Crippen molar-refractivity contribution in [3.63, 3.8) is 0 Å². The third kappa shape index (κ3) is 4.33. The highest BCUT2D eigenvalue weighted by molar-refractivity contribution is 7.10. The van der Waals surface area contributed by atoms with Gasteiger partial charge in [0.1, 0.15) is 6.54 Å². The number of nitrogens with zero attached hydrogens (tertiary/aromatic N) is 1. The lowest BCUT2D eigenvalue weighted by molar-refractivity contribution is -0.135. The summed E-state index contributed by atoms with van der Waals surface area (Å²) in [6.45, 7) is 5.53. The average Bonchev–Trinajstić information content (AvgIpc) is 2.73. The zero-order valence-corrected chi connectivity index (χ0v) is 11.7. The van der Waals surface area contributed by atoms with Crippen LogP contribution >= 0.6 is 11.3 Å². The topological polar surface area (TPSA) is 63.4 Å². The molecule has 0 aliphatic heterocycles. The molecule has 0 atom stereocenters. The first-order chi connectivity index (χ1) is 8.30. The van der Waals surface area contributed by atoms with Crippen LogP contribution in [0.3, 0.4) is 0 Å². The summed E-state index contributed by atoms with van der Waals surface area (Å²) in [6, 6.07) is 3.84. The van der Waals surface area contributed by atoms with Crippen LogP contribution in [-0.4, -0.2) is 28.8 Å². The van der Waals surface area contributed by atoms with Gasteiger partial charge < -0.3 is 10.6 Å². The van der Waals surface area contributed by atoms with Crippen molar-refractivity contribution in [3.8, 4) is 0 Å². The van der Waals surface area contributed by atoms with Crippen molar-refractivity contribution in [1.82, 2.24) is 4.90 Å². The maximum atomic E-state index is 12.1. The number of nitrogens with two attached hydrogens (primary N) is 1. The van der Waals surface area contributed by atoms with Gasteiger partial charge >= 0.3 is 0 Å². The van der Waals surface area contributed by atoms with E-state index >= 15 is 0 Å². The van der Waals surface area contributed by atoms with Crippen LogP contribution in [0.1, 0.15) is 25.6 Å². The van der Waals surface area contributed by atoms with Crippen molar-refractivity contribution in [2.75, 3.05) is 6.54 Å². The molecule has 1 heterocycles. The van der Waals surface area contributed by atoms with Crippen molar-refractivity contribution in [2.45, 2.75) is 26.3 Å². The normalized spacial score (nSPS) is 11.7. The van der Waals surface area contributed by atoms with Crippen LogP contribution in [-0.2, 0) is 9.59 Å². The summed E-state index contributed by atoms with van der Waals surface area (Å²) in [5.41, 5.74) is 4.73. The molecule has 0 bridgehead atoms. The van der Waals surface area contributed by atoms with Crippen LogP contribution in [0.4, 0.5) is 0 Å². The fourth-order valence-corrected chi connectivity index (χ4v) is 2.05. The molecule has 2 N–H and O–H groups in total. The summed E-state index contributed by atoms with van der Waals surface area (Å²) >= 11 is 1.55. The van der Waals surface area contributed by atoms with E-state index in [1.54, 1.807) is 17.4 Å². The van der Waals surface area contributed by atoms with Gasteiger partial charge in [-0.1, -0.05) is 6.07 Å². The van der Waals surface area contributed by atoms with Crippen LogP contribution in [0.25, 0.3) is 6.08 Å². The maximum absolute atomic E-state index is 12.1. The highest BCUT2D eigenvalue weighted by Gasteiger charge is 2.26. The van der Waals surface area contributed by atoms with E-state index in [4.69, 9.17) is 5.73 Å². The largest absolute Gasteiger partial charge is 0.368 e. The van der Waals surface area contributed by atoms with E-state index in [0.717, 1.165) is 4.88 Å². The molecule has 0 aromatic carbocycles. The molecule has 0 fully saturated rings. The lowest BCUT2D eigenvalue weighted by atomic mass is 10.1. The number of hydrogen-bond donors (Lipinski definition) is 1. The van der Waals surface area contributed by atoms with Gasteiger partial charge in [0, 0.05) is 16.5 Å². The molecule has 98 valence electrons. The molecule has 0 saturated heterocycles. The fraction of sp³-hybridized carbons (Fsp3) is 0.385.